The Morgan fingerprint density at radius 3 is 2.24 bits per heavy atom. The van der Waals surface area contributed by atoms with Crippen molar-refractivity contribution in [3.63, 3.8) is 0 Å². The second-order valence-electron chi connectivity index (χ2n) is 6.66. The Bertz CT molecular complexity index is 425. The van der Waals surface area contributed by atoms with Crippen LogP contribution >= 0.6 is 0 Å². The minimum Gasteiger partial charge on any atom is -0.305 e. The van der Waals surface area contributed by atoms with Gasteiger partial charge >= 0.3 is 0 Å². The molecule has 0 N–H and O–H groups in total. The van der Waals surface area contributed by atoms with Gasteiger partial charge in [-0.3, -0.25) is 4.90 Å². The van der Waals surface area contributed by atoms with Gasteiger partial charge in [-0.25, -0.2) is 0 Å². The molecule has 0 aliphatic heterocycles. The number of hydrogen-bond donors (Lipinski definition) is 0. The van der Waals surface area contributed by atoms with E-state index in [4.69, 9.17) is 0 Å². The molecule has 0 amide bonds. The van der Waals surface area contributed by atoms with Crippen molar-refractivity contribution in [2.45, 2.75) is 58.2 Å². The number of hydrogen-bond acceptors (Lipinski definition) is 2. The van der Waals surface area contributed by atoms with Crippen molar-refractivity contribution < 1.29 is 32.7 Å². The maximum absolute atomic E-state index is 3.51. The first-order valence-electron chi connectivity index (χ1n) is 7.83. The molecule has 0 bridgehead atoms. The van der Waals surface area contributed by atoms with E-state index in [1.165, 1.54) is 42.4 Å². The SMILES string of the molecule is Cc1[c-]c(CN(C)[C@@H]2CCCC[C@H]2N(C)C)cc(C)c1.[Y]. The van der Waals surface area contributed by atoms with Gasteiger partial charge in [-0.15, -0.1) is 5.56 Å². The van der Waals surface area contributed by atoms with Crippen LogP contribution in [-0.2, 0) is 39.3 Å². The molecule has 1 aliphatic carbocycles. The van der Waals surface area contributed by atoms with Gasteiger partial charge in [-0.1, -0.05) is 26.7 Å². The molecule has 115 valence electrons. The zero-order valence-electron chi connectivity index (χ0n) is 14.3. The number of likely N-dealkylation sites (N-methyl/N-ethyl adjacent to an activating group) is 2. The smallest absolute Gasteiger partial charge is 0.0250 e. The molecule has 1 aromatic carbocycles. The van der Waals surface area contributed by atoms with E-state index in [1.807, 2.05) is 0 Å². The second-order valence-corrected chi connectivity index (χ2v) is 6.66. The topological polar surface area (TPSA) is 6.48 Å². The minimum absolute atomic E-state index is 0. The summed E-state index contributed by atoms with van der Waals surface area (Å²) >= 11 is 0. The van der Waals surface area contributed by atoms with Crippen LogP contribution < -0.4 is 0 Å². The fourth-order valence-corrected chi connectivity index (χ4v) is 3.66. The van der Waals surface area contributed by atoms with Gasteiger partial charge in [-0.2, -0.15) is 29.3 Å². The summed E-state index contributed by atoms with van der Waals surface area (Å²) < 4.78 is 0. The quantitative estimate of drug-likeness (QED) is 0.758. The van der Waals surface area contributed by atoms with Crippen molar-refractivity contribution in [1.82, 2.24) is 9.80 Å². The maximum Gasteiger partial charge on any atom is 0.0250 e. The van der Waals surface area contributed by atoms with E-state index in [0.717, 1.165) is 6.54 Å². The molecule has 1 saturated carbocycles. The average Bonchev–Trinajstić information content (AvgIpc) is 2.37. The van der Waals surface area contributed by atoms with Crippen molar-refractivity contribution in [3.05, 3.63) is 34.9 Å². The van der Waals surface area contributed by atoms with E-state index in [-0.39, 0.29) is 32.7 Å². The van der Waals surface area contributed by atoms with Gasteiger partial charge in [-0.05, 0) is 34.0 Å². The molecule has 0 spiro atoms. The van der Waals surface area contributed by atoms with Gasteiger partial charge in [0.25, 0.3) is 0 Å². The van der Waals surface area contributed by atoms with Crippen LogP contribution in [0.2, 0.25) is 0 Å². The molecule has 1 aliphatic rings. The zero-order chi connectivity index (χ0) is 14.7. The van der Waals surface area contributed by atoms with Crippen molar-refractivity contribution in [1.29, 1.82) is 0 Å². The number of benzene rings is 1. The summed E-state index contributed by atoms with van der Waals surface area (Å²) in [5.41, 5.74) is 3.92. The molecule has 2 rings (SSSR count). The summed E-state index contributed by atoms with van der Waals surface area (Å²) in [6.07, 6.45) is 5.40. The van der Waals surface area contributed by atoms with Gasteiger partial charge in [0.05, 0.1) is 0 Å². The van der Waals surface area contributed by atoms with Gasteiger partial charge in [0.2, 0.25) is 0 Å². The first-order chi connectivity index (χ1) is 9.47. The predicted molar refractivity (Wildman–Crippen MR) is 86.0 cm³/mol. The maximum atomic E-state index is 3.51. The first-order valence-corrected chi connectivity index (χ1v) is 7.83. The molecule has 3 heteroatoms. The van der Waals surface area contributed by atoms with Crippen LogP contribution in [0.3, 0.4) is 0 Å². The zero-order valence-corrected chi connectivity index (χ0v) is 17.2. The Balaban J connectivity index is 0.00000220. The molecule has 2 atom stereocenters. The van der Waals surface area contributed by atoms with Crippen LogP contribution in [0.15, 0.2) is 12.1 Å². The predicted octanol–water partition coefficient (Wildman–Crippen LogP) is 3.41. The largest absolute Gasteiger partial charge is 0.305 e. The van der Waals surface area contributed by atoms with Crippen LogP contribution in [0, 0.1) is 19.9 Å². The summed E-state index contributed by atoms with van der Waals surface area (Å²) in [6, 6.07) is 9.35. The van der Waals surface area contributed by atoms with Crippen LogP contribution in [0.1, 0.15) is 42.4 Å². The van der Waals surface area contributed by atoms with E-state index in [2.05, 4.69) is 63.0 Å². The molecule has 21 heavy (non-hydrogen) atoms. The van der Waals surface area contributed by atoms with E-state index < -0.39 is 0 Å². The summed E-state index contributed by atoms with van der Waals surface area (Å²) in [5.74, 6) is 0. The molecule has 0 heterocycles. The Morgan fingerprint density at radius 1 is 1.05 bits per heavy atom. The average molecular weight is 362 g/mol. The molecular formula is C18H29N2Y-. The molecule has 1 aromatic rings. The monoisotopic (exact) mass is 362 g/mol. The van der Waals surface area contributed by atoms with E-state index in [0.29, 0.717) is 12.1 Å². The number of aryl methyl sites for hydroxylation is 2. The van der Waals surface area contributed by atoms with Crippen molar-refractivity contribution >= 4 is 0 Å². The van der Waals surface area contributed by atoms with Gasteiger partial charge in [0, 0.05) is 51.3 Å². The summed E-state index contributed by atoms with van der Waals surface area (Å²) in [6.45, 7) is 5.32. The van der Waals surface area contributed by atoms with Gasteiger partial charge in [0.15, 0.2) is 0 Å². The van der Waals surface area contributed by atoms with Crippen LogP contribution in [0.5, 0.6) is 0 Å². The van der Waals surface area contributed by atoms with Gasteiger partial charge < -0.3 is 4.90 Å². The molecule has 0 unspecified atom stereocenters. The third kappa shape index (κ3) is 5.42. The molecule has 0 aromatic heterocycles. The second kappa shape index (κ2) is 8.77. The Hall–Kier alpha value is 0.244. The Labute approximate surface area is 156 Å². The fourth-order valence-electron chi connectivity index (χ4n) is 3.66. The van der Waals surface area contributed by atoms with E-state index >= 15 is 0 Å². The van der Waals surface area contributed by atoms with Crippen LogP contribution in [0.4, 0.5) is 0 Å². The normalized spacial score (nSPS) is 22.4. The van der Waals surface area contributed by atoms with E-state index in [9.17, 15) is 0 Å². The first kappa shape index (κ1) is 19.3. The van der Waals surface area contributed by atoms with Crippen molar-refractivity contribution in [2.24, 2.45) is 0 Å². The summed E-state index contributed by atoms with van der Waals surface area (Å²) in [7, 11) is 6.72. The minimum atomic E-state index is 0. The fraction of sp³-hybridized carbons (Fsp3) is 0.667. The Kier molecular flexibility index (Phi) is 8.05. The van der Waals surface area contributed by atoms with Gasteiger partial charge in [0.1, 0.15) is 0 Å². The van der Waals surface area contributed by atoms with Crippen molar-refractivity contribution in [3.8, 4) is 0 Å². The standard InChI is InChI=1S/C18H29N2.Y/c1-14-10-15(2)12-16(11-14)13-20(5)18-9-7-6-8-17(18)19(3)4;/h10-11,17-18H,6-9,13H2,1-5H3;/q-1;/t17-,18-;/m1./s1. The third-order valence-corrected chi connectivity index (χ3v) is 4.55. The van der Waals surface area contributed by atoms with Crippen LogP contribution in [-0.4, -0.2) is 43.0 Å². The molecule has 0 saturated heterocycles. The summed E-state index contributed by atoms with van der Waals surface area (Å²) in [4.78, 5) is 4.94. The number of rotatable bonds is 4. The van der Waals surface area contributed by atoms with Crippen molar-refractivity contribution in [2.75, 3.05) is 21.1 Å². The number of nitrogens with zero attached hydrogens (tertiary/aromatic N) is 2. The third-order valence-electron chi connectivity index (χ3n) is 4.55. The Morgan fingerprint density at radius 2 is 1.67 bits per heavy atom. The molecule has 1 fully saturated rings. The van der Waals surface area contributed by atoms with E-state index in [1.54, 1.807) is 0 Å². The summed E-state index contributed by atoms with van der Waals surface area (Å²) in [5, 5.41) is 0. The molecule has 2 nitrogen and oxygen atoms in total. The van der Waals surface area contributed by atoms with Crippen LogP contribution in [0.25, 0.3) is 0 Å². The molecule has 1 radical (unpaired) electrons. The molecular weight excluding hydrogens is 333 g/mol.